The molecule has 6 heteroatoms. The summed E-state index contributed by atoms with van der Waals surface area (Å²) in [5, 5.41) is 4.68. The highest BCUT2D eigenvalue weighted by Crippen LogP contribution is 2.10. The van der Waals surface area contributed by atoms with Gasteiger partial charge in [-0.3, -0.25) is 0 Å². The lowest BCUT2D eigenvalue weighted by atomic mass is 10.2. The van der Waals surface area contributed by atoms with Crippen molar-refractivity contribution in [2.45, 2.75) is 12.6 Å². The van der Waals surface area contributed by atoms with Crippen molar-refractivity contribution in [1.82, 2.24) is 15.2 Å². The third-order valence-electron chi connectivity index (χ3n) is 2.27. The third-order valence-corrected chi connectivity index (χ3v) is 2.90. The van der Waals surface area contributed by atoms with E-state index in [-0.39, 0.29) is 19.1 Å². The second-order valence-electron chi connectivity index (χ2n) is 3.46. The molecule has 2 heterocycles. The molecule has 0 aromatic carbocycles. The van der Waals surface area contributed by atoms with E-state index in [1.54, 1.807) is 5.51 Å². The topological polar surface area (TPSA) is 45.2 Å². The van der Waals surface area contributed by atoms with Crippen LogP contribution in [-0.2, 0) is 6.42 Å². The van der Waals surface area contributed by atoms with Crippen LogP contribution in [-0.4, -0.2) is 41.7 Å². The van der Waals surface area contributed by atoms with Crippen molar-refractivity contribution in [1.29, 1.82) is 0 Å². The van der Waals surface area contributed by atoms with Gasteiger partial charge in [0.1, 0.15) is 6.17 Å². The van der Waals surface area contributed by atoms with Crippen LogP contribution in [0.1, 0.15) is 5.69 Å². The minimum atomic E-state index is -0.839. The average molecular weight is 229 g/mol. The van der Waals surface area contributed by atoms with E-state index in [4.69, 9.17) is 0 Å². The molecular formula is C9H12FN3OS. The van der Waals surface area contributed by atoms with E-state index in [9.17, 15) is 9.18 Å². The van der Waals surface area contributed by atoms with Crippen LogP contribution in [0.3, 0.4) is 0 Å². The summed E-state index contributed by atoms with van der Waals surface area (Å²) in [5.41, 5.74) is 2.74. The van der Waals surface area contributed by atoms with Crippen LogP contribution in [0.5, 0.6) is 0 Å². The highest BCUT2D eigenvalue weighted by atomic mass is 32.1. The summed E-state index contributed by atoms with van der Waals surface area (Å²) < 4.78 is 12.4. The molecule has 0 atom stereocenters. The Morgan fingerprint density at radius 1 is 1.73 bits per heavy atom. The van der Waals surface area contributed by atoms with E-state index in [1.165, 1.54) is 16.2 Å². The largest absolute Gasteiger partial charge is 0.338 e. The van der Waals surface area contributed by atoms with Crippen LogP contribution in [0.4, 0.5) is 9.18 Å². The fraction of sp³-hybridized carbons (Fsp3) is 0.556. The quantitative estimate of drug-likeness (QED) is 0.842. The first-order valence-corrected chi connectivity index (χ1v) is 5.74. The van der Waals surface area contributed by atoms with Crippen molar-refractivity contribution < 1.29 is 9.18 Å². The number of hydrogen-bond acceptors (Lipinski definition) is 3. The monoisotopic (exact) mass is 229 g/mol. The number of thiazole rings is 1. The van der Waals surface area contributed by atoms with Crippen LogP contribution >= 0.6 is 11.3 Å². The molecule has 82 valence electrons. The molecule has 1 saturated heterocycles. The summed E-state index contributed by atoms with van der Waals surface area (Å²) in [6.07, 6.45) is -0.114. The lowest BCUT2D eigenvalue weighted by molar-refractivity contribution is 0.0900. The molecule has 1 aliphatic heterocycles. The van der Waals surface area contributed by atoms with Crippen LogP contribution < -0.4 is 5.32 Å². The van der Waals surface area contributed by atoms with Crippen molar-refractivity contribution in [2.75, 3.05) is 19.6 Å². The first kappa shape index (κ1) is 10.4. The van der Waals surface area contributed by atoms with Gasteiger partial charge in [-0.05, 0) is 0 Å². The minimum Gasteiger partial charge on any atom is -0.338 e. The molecule has 1 fully saturated rings. The maximum absolute atomic E-state index is 12.4. The Kier molecular flexibility index (Phi) is 3.15. The van der Waals surface area contributed by atoms with Crippen LogP contribution in [0.25, 0.3) is 0 Å². The van der Waals surface area contributed by atoms with Gasteiger partial charge < -0.3 is 10.2 Å². The second kappa shape index (κ2) is 4.57. The Morgan fingerprint density at radius 3 is 3.13 bits per heavy atom. The van der Waals surface area contributed by atoms with Crippen molar-refractivity contribution in [3.8, 4) is 0 Å². The molecule has 15 heavy (non-hydrogen) atoms. The number of nitrogens with one attached hydrogen (secondary N) is 1. The van der Waals surface area contributed by atoms with Crippen molar-refractivity contribution >= 4 is 17.4 Å². The maximum atomic E-state index is 12.4. The smallest absolute Gasteiger partial charge is 0.317 e. The fourth-order valence-corrected chi connectivity index (χ4v) is 1.95. The van der Waals surface area contributed by atoms with Crippen LogP contribution in [0, 0.1) is 0 Å². The predicted molar refractivity (Wildman–Crippen MR) is 55.7 cm³/mol. The molecule has 0 bridgehead atoms. The number of rotatable bonds is 3. The lowest BCUT2D eigenvalue weighted by Gasteiger charge is -2.34. The fourth-order valence-electron chi connectivity index (χ4n) is 1.36. The molecule has 0 saturated carbocycles. The molecule has 1 aliphatic rings. The summed E-state index contributed by atoms with van der Waals surface area (Å²) in [4.78, 5) is 16.9. The average Bonchev–Trinajstić information content (AvgIpc) is 2.65. The molecule has 2 rings (SSSR count). The highest BCUT2D eigenvalue weighted by molar-refractivity contribution is 7.07. The van der Waals surface area contributed by atoms with Gasteiger partial charge in [0.05, 0.1) is 24.3 Å². The zero-order valence-electron chi connectivity index (χ0n) is 8.15. The molecule has 4 nitrogen and oxygen atoms in total. The Labute approximate surface area is 91.1 Å². The molecule has 0 unspecified atom stereocenters. The molecular weight excluding hydrogens is 217 g/mol. The number of aromatic nitrogens is 1. The maximum Gasteiger partial charge on any atom is 0.317 e. The minimum absolute atomic E-state index is 0.181. The SMILES string of the molecule is O=C(NCCc1cscn1)N1CC(F)C1. The number of carbonyl (C=O) groups excluding carboxylic acids is 1. The van der Waals surface area contributed by atoms with Crippen molar-refractivity contribution in [2.24, 2.45) is 0 Å². The Balaban J connectivity index is 1.64. The summed E-state index contributed by atoms with van der Waals surface area (Å²) in [7, 11) is 0. The number of nitrogens with zero attached hydrogens (tertiary/aromatic N) is 2. The first-order chi connectivity index (χ1) is 7.25. The van der Waals surface area contributed by atoms with Gasteiger partial charge in [0.2, 0.25) is 0 Å². The molecule has 1 aromatic heterocycles. The van der Waals surface area contributed by atoms with Gasteiger partial charge in [0.15, 0.2) is 0 Å². The van der Waals surface area contributed by atoms with E-state index in [2.05, 4.69) is 10.3 Å². The summed E-state index contributed by atoms with van der Waals surface area (Å²) in [6.45, 7) is 1.00. The van der Waals surface area contributed by atoms with Gasteiger partial charge >= 0.3 is 6.03 Å². The second-order valence-corrected chi connectivity index (χ2v) is 4.18. The van der Waals surface area contributed by atoms with Gasteiger partial charge in [-0.25, -0.2) is 14.2 Å². The van der Waals surface area contributed by atoms with Crippen LogP contribution in [0.2, 0.25) is 0 Å². The van der Waals surface area contributed by atoms with E-state index in [1.807, 2.05) is 5.38 Å². The number of urea groups is 1. The zero-order chi connectivity index (χ0) is 10.7. The molecule has 0 radical (unpaired) electrons. The molecule has 2 amide bonds. The first-order valence-electron chi connectivity index (χ1n) is 4.79. The van der Waals surface area contributed by atoms with Gasteiger partial charge in [-0.15, -0.1) is 11.3 Å². The molecule has 1 N–H and O–H groups in total. The van der Waals surface area contributed by atoms with E-state index < -0.39 is 6.17 Å². The Bertz CT molecular complexity index is 324. The van der Waals surface area contributed by atoms with Crippen LogP contribution in [0.15, 0.2) is 10.9 Å². The number of amides is 2. The lowest BCUT2D eigenvalue weighted by Crippen LogP contribution is -2.55. The van der Waals surface area contributed by atoms with Crippen molar-refractivity contribution in [3.05, 3.63) is 16.6 Å². The number of alkyl halides is 1. The zero-order valence-corrected chi connectivity index (χ0v) is 8.97. The summed E-state index contributed by atoms with van der Waals surface area (Å²) >= 11 is 1.54. The van der Waals surface area contributed by atoms with E-state index in [0.717, 1.165) is 12.1 Å². The molecule has 0 spiro atoms. The van der Waals surface area contributed by atoms with Gasteiger partial charge in [0.25, 0.3) is 0 Å². The third kappa shape index (κ3) is 2.65. The van der Waals surface area contributed by atoms with E-state index in [0.29, 0.717) is 6.54 Å². The molecule has 0 aliphatic carbocycles. The van der Waals surface area contributed by atoms with Crippen molar-refractivity contribution in [3.63, 3.8) is 0 Å². The van der Waals surface area contributed by atoms with Gasteiger partial charge in [0, 0.05) is 18.3 Å². The standard InChI is InChI=1S/C9H12FN3OS/c10-7-3-13(4-7)9(14)11-2-1-8-5-15-6-12-8/h5-7H,1-4H2,(H,11,14). The Hall–Kier alpha value is -1.17. The summed E-state index contributed by atoms with van der Waals surface area (Å²) in [5.74, 6) is 0. The summed E-state index contributed by atoms with van der Waals surface area (Å²) in [6, 6.07) is -0.181. The Morgan fingerprint density at radius 2 is 2.53 bits per heavy atom. The normalized spacial score (nSPS) is 16.2. The van der Waals surface area contributed by atoms with Gasteiger partial charge in [-0.1, -0.05) is 0 Å². The van der Waals surface area contributed by atoms with Gasteiger partial charge in [-0.2, -0.15) is 0 Å². The molecule has 1 aromatic rings. The predicted octanol–water partition coefficient (Wildman–Crippen LogP) is 1.05. The van der Waals surface area contributed by atoms with E-state index >= 15 is 0 Å². The number of hydrogen-bond donors (Lipinski definition) is 1. The number of halogens is 1. The highest BCUT2D eigenvalue weighted by Gasteiger charge is 2.29. The number of carbonyl (C=O) groups is 1. The number of likely N-dealkylation sites (tertiary alicyclic amines) is 1.